The van der Waals surface area contributed by atoms with Crippen molar-refractivity contribution in [2.45, 2.75) is 0 Å². The van der Waals surface area contributed by atoms with Crippen molar-refractivity contribution in [1.82, 2.24) is 5.32 Å². The van der Waals surface area contributed by atoms with Crippen LogP contribution in [-0.2, 0) is 4.79 Å². The topological polar surface area (TPSA) is 29.1 Å². The molecule has 2 aromatic carbocycles. The third-order valence-corrected chi connectivity index (χ3v) is 2.84. The molecule has 1 amide bonds. The lowest BCUT2D eigenvalue weighted by atomic mass is 10.2. The summed E-state index contributed by atoms with van der Waals surface area (Å²) in [4.78, 5) is 11.6. The van der Waals surface area contributed by atoms with Gasteiger partial charge in [0.05, 0.1) is 6.54 Å². The molecule has 2 nitrogen and oxygen atoms in total. The lowest BCUT2D eigenvalue weighted by Crippen LogP contribution is -2.18. The molecule has 0 spiro atoms. The van der Waals surface area contributed by atoms with Crippen molar-refractivity contribution in [3.63, 3.8) is 0 Å². The Kier molecular flexibility index (Phi) is 4.76. The molecule has 0 saturated heterocycles. The zero-order valence-electron chi connectivity index (χ0n) is 10.2. The molecule has 0 heterocycles. The van der Waals surface area contributed by atoms with Crippen molar-refractivity contribution in [1.29, 1.82) is 0 Å². The van der Waals surface area contributed by atoms with E-state index in [1.54, 1.807) is 18.7 Å². The molecule has 0 unspecified atom stereocenters. The van der Waals surface area contributed by atoms with Crippen molar-refractivity contribution in [3.05, 3.63) is 83.4 Å². The van der Waals surface area contributed by atoms with E-state index in [0.29, 0.717) is 5.02 Å². The minimum atomic E-state index is -0.191. The minimum absolute atomic E-state index is 0.191. The summed E-state index contributed by atoms with van der Waals surface area (Å²) in [5.41, 5.74) is 1.76. The smallest absolute Gasteiger partial charge is 0.244 e. The molecule has 0 atom stereocenters. The molecular formula is C16H13ClNO. The fraction of sp³-hybridized carbons (Fsp3) is 0. The molecule has 3 heteroatoms. The predicted molar refractivity (Wildman–Crippen MR) is 78.5 cm³/mol. The first-order valence-corrected chi connectivity index (χ1v) is 6.25. The lowest BCUT2D eigenvalue weighted by Gasteiger charge is -2.01. The molecule has 1 radical (unpaired) electrons. The average Bonchev–Trinajstić information content (AvgIpc) is 2.45. The van der Waals surface area contributed by atoms with Crippen LogP contribution in [0, 0.1) is 6.54 Å². The van der Waals surface area contributed by atoms with Gasteiger partial charge >= 0.3 is 0 Å². The summed E-state index contributed by atoms with van der Waals surface area (Å²) in [7, 11) is 0. The van der Waals surface area contributed by atoms with Gasteiger partial charge < -0.3 is 5.32 Å². The highest BCUT2D eigenvalue weighted by Gasteiger charge is 1.98. The van der Waals surface area contributed by atoms with Gasteiger partial charge in [0.2, 0.25) is 5.91 Å². The van der Waals surface area contributed by atoms with Crippen molar-refractivity contribution < 1.29 is 4.79 Å². The van der Waals surface area contributed by atoms with Crippen molar-refractivity contribution in [3.8, 4) is 0 Å². The van der Waals surface area contributed by atoms with Gasteiger partial charge in [-0.2, -0.15) is 0 Å². The fourth-order valence-electron chi connectivity index (χ4n) is 1.53. The Labute approximate surface area is 117 Å². The standard InChI is InChI=1S/C16H13ClNO/c17-15-9-5-4-8-14(15)10-11-16(19)18-12-13-6-2-1-3-7-13/h1-12H,(H,18,19). The van der Waals surface area contributed by atoms with Crippen LogP contribution in [-0.4, -0.2) is 5.91 Å². The highest BCUT2D eigenvalue weighted by Crippen LogP contribution is 2.16. The first kappa shape index (κ1) is 13.4. The molecule has 0 saturated carbocycles. The fourth-order valence-corrected chi connectivity index (χ4v) is 1.73. The van der Waals surface area contributed by atoms with Crippen LogP contribution in [0.15, 0.2) is 60.7 Å². The van der Waals surface area contributed by atoms with Gasteiger partial charge in [-0.1, -0.05) is 60.1 Å². The first-order chi connectivity index (χ1) is 9.25. The van der Waals surface area contributed by atoms with Gasteiger partial charge in [0.25, 0.3) is 0 Å². The van der Waals surface area contributed by atoms with Crippen LogP contribution in [0.5, 0.6) is 0 Å². The maximum atomic E-state index is 11.6. The largest absolute Gasteiger partial charge is 0.343 e. The van der Waals surface area contributed by atoms with Crippen LogP contribution in [0.1, 0.15) is 11.1 Å². The Balaban J connectivity index is 1.90. The predicted octanol–water partition coefficient (Wildman–Crippen LogP) is 3.68. The molecule has 19 heavy (non-hydrogen) atoms. The summed E-state index contributed by atoms with van der Waals surface area (Å²) in [6.45, 7) is 1.67. The van der Waals surface area contributed by atoms with E-state index in [2.05, 4.69) is 5.32 Å². The van der Waals surface area contributed by atoms with Gasteiger partial charge in [-0.05, 0) is 23.3 Å². The molecule has 1 N–H and O–H groups in total. The van der Waals surface area contributed by atoms with Crippen LogP contribution in [0.25, 0.3) is 6.08 Å². The number of amides is 1. The van der Waals surface area contributed by atoms with Crippen LogP contribution in [0.2, 0.25) is 5.02 Å². The molecule has 0 aliphatic carbocycles. The van der Waals surface area contributed by atoms with Gasteiger partial charge in [-0.15, -0.1) is 0 Å². The van der Waals surface area contributed by atoms with E-state index < -0.39 is 0 Å². The summed E-state index contributed by atoms with van der Waals surface area (Å²) in [6, 6.07) is 17.0. The normalized spacial score (nSPS) is 10.6. The summed E-state index contributed by atoms with van der Waals surface area (Å²) in [5, 5.41) is 3.32. The van der Waals surface area contributed by atoms with Gasteiger partial charge in [0, 0.05) is 11.1 Å². The SMILES string of the molecule is O=C(C=Cc1ccccc1Cl)N[CH]c1ccccc1. The number of hydrogen-bond acceptors (Lipinski definition) is 1. The van der Waals surface area contributed by atoms with E-state index in [-0.39, 0.29) is 5.91 Å². The molecule has 0 aromatic heterocycles. The number of carbonyl (C=O) groups is 1. The van der Waals surface area contributed by atoms with Crippen LogP contribution < -0.4 is 5.32 Å². The molecule has 2 aromatic rings. The summed E-state index contributed by atoms with van der Waals surface area (Å²) in [5.74, 6) is -0.191. The number of carbonyl (C=O) groups excluding carboxylic acids is 1. The van der Waals surface area contributed by atoms with Gasteiger partial charge in [-0.3, -0.25) is 4.79 Å². The lowest BCUT2D eigenvalue weighted by molar-refractivity contribution is -0.115. The monoisotopic (exact) mass is 270 g/mol. The summed E-state index contributed by atoms with van der Waals surface area (Å²) in [6.07, 6.45) is 3.15. The number of nitrogens with one attached hydrogen (secondary N) is 1. The molecular weight excluding hydrogens is 258 g/mol. The van der Waals surface area contributed by atoms with Crippen LogP contribution in [0.3, 0.4) is 0 Å². The molecule has 0 aliphatic rings. The highest BCUT2D eigenvalue weighted by atomic mass is 35.5. The van der Waals surface area contributed by atoms with E-state index in [9.17, 15) is 4.79 Å². The molecule has 2 rings (SSSR count). The zero-order chi connectivity index (χ0) is 13.5. The van der Waals surface area contributed by atoms with E-state index in [1.165, 1.54) is 6.08 Å². The minimum Gasteiger partial charge on any atom is -0.343 e. The van der Waals surface area contributed by atoms with Crippen molar-refractivity contribution >= 4 is 23.6 Å². The molecule has 95 valence electrons. The highest BCUT2D eigenvalue weighted by molar-refractivity contribution is 6.32. The molecule has 0 fully saturated rings. The van der Waals surface area contributed by atoms with E-state index in [1.807, 2.05) is 48.5 Å². The Morgan fingerprint density at radius 1 is 1.00 bits per heavy atom. The quantitative estimate of drug-likeness (QED) is 0.844. The van der Waals surface area contributed by atoms with Crippen LogP contribution >= 0.6 is 11.6 Å². The van der Waals surface area contributed by atoms with Crippen molar-refractivity contribution in [2.75, 3.05) is 0 Å². The Morgan fingerprint density at radius 3 is 2.42 bits per heavy atom. The first-order valence-electron chi connectivity index (χ1n) is 5.87. The molecule has 0 bridgehead atoms. The van der Waals surface area contributed by atoms with E-state index >= 15 is 0 Å². The third-order valence-electron chi connectivity index (χ3n) is 2.50. The summed E-state index contributed by atoms with van der Waals surface area (Å²) >= 11 is 5.99. The number of halogens is 1. The second kappa shape index (κ2) is 6.76. The second-order valence-corrected chi connectivity index (χ2v) is 4.33. The number of hydrogen-bond donors (Lipinski definition) is 1. The van der Waals surface area contributed by atoms with Gasteiger partial charge in [0.1, 0.15) is 0 Å². The van der Waals surface area contributed by atoms with Crippen LogP contribution in [0.4, 0.5) is 0 Å². The molecule has 0 aliphatic heterocycles. The van der Waals surface area contributed by atoms with Gasteiger partial charge in [-0.25, -0.2) is 0 Å². The Hall–Kier alpha value is -2.06. The maximum Gasteiger partial charge on any atom is 0.244 e. The maximum absolute atomic E-state index is 11.6. The third kappa shape index (κ3) is 4.27. The Bertz CT molecular complexity index is 578. The number of rotatable bonds is 4. The second-order valence-electron chi connectivity index (χ2n) is 3.92. The van der Waals surface area contributed by atoms with Gasteiger partial charge in [0.15, 0.2) is 0 Å². The average molecular weight is 271 g/mol. The number of benzene rings is 2. The summed E-state index contributed by atoms with van der Waals surface area (Å²) < 4.78 is 0. The Morgan fingerprint density at radius 2 is 1.68 bits per heavy atom. The van der Waals surface area contributed by atoms with E-state index in [4.69, 9.17) is 11.6 Å². The zero-order valence-corrected chi connectivity index (χ0v) is 11.0. The van der Waals surface area contributed by atoms with E-state index in [0.717, 1.165) is 11.1 Å². The van der Waals surface area contributed by atoms with Crippen molar-refractivity contribution in [2.24, 2.45) is 0 Å².